The van der Waals surface area contributed by atoms with Crippen molar-refractivity contribution in [2.45, 2.75) is 32.7 Å². The van der Waals surface area contributed by atoms with Crippen molar-refractivity contribution in [2.75, 3.05) is 6.54 Å². The molecule has 3 nitrogen and oxygen atoms in total. The van der Waals surface area contributed by atoms with Gasteiger partial charge < -0.3 is 9.73 Å². The molecule has 0 aliphatic heterocycles. The predicted octanol–water partition coefficient (Wildman–Crippen LogP) is 4.03. The Kier molecular flexibility index (Phi) is 5.16. The summed E-state index contributed by atoms with van der Waals surface area (Å²) >= 11 is 3.36. The zero-order valence-corrected chi connectivity index (χ0v) is 12.9. The van der Waals surface area contributed by atoms with Gasteiger partial charge >= 0.3 is 0 Å². The number of hydrogen-bond donors (Lipinski definition) is 1. The number of rotatable bonds is 6. The maximum atomic E-state index is 5.68. The van der Waals surface area contributed by atoms with Crippen LogP contribution in [-0.4, -0.2) is 11.5 Å². The molecule has 0 fully saturated rings. The Morgan fingerprint density at radius 1 is 1.37 bits per heavy atom. The minimum absolute atomic E-state index is 0.167. The third kappa shape index (κ3) is 3.91. The summed E-state index contributed by atoms with van der Waals surface area (Å²) < 4.78 is 6.45. The van der Waals surface area contributed by atoms with E-state index >= 15 is 0 Å². The molecule has 4 heteroatoms. The van der Waals surface area contributed by atoms with Gasteiger partial charge in [-0.05, 0) is 59.6 Å². The highest BCUT2D eigenvalue weighted by molar-refractivity contribution is 9.10. The number of halogens is 1. The van der Waals surface area contributed by atoms with Gasteiger partial charge in [-0.25, -0.2) is 0 Å². The predicted molar refractivity (Wildman–Crippen MR) is 80.1 cm³/mol. The maximum absolute atomic E-state index is 5.68. The molecule has 0 amide bonds. The van der Waals surface area contributed by atoms with Crippen LogP contribution in [0.4, 0.5) is 0 Å². The lowest BCUT2D eigenvalue weighted by atomic mass is 10.0. The van der Waals surface area contributed by atoms with Gasteiger partial charge in [-0.2, -0.15) is 0 Å². The van der Waals surface area contributed by atoms with E-state index in [0.29, 0.717) is 0 Å². The summed E-state index contributed by atoms with van der Waals surface area (Å²) in [4.78, 5) is 4.47. The first kappa shape index (κ1) is 14.3. The van der Waals surface area contributed by atoms with E-state index in [2.05, 4.69) is 46.1 Å². The molecule has 2 aromatic rings. The molecule has 0 aromatic carbocycles. The van der Waals surface area contributed by atoms with E-state index < -0.39 is 0 Å². The van der Waals surface area contributed by atoms with E-state index in [9.17, 15) is 0 Å². The van der Waals surface area contributed by atoms with Crippen molar-refractivity contribution >= 4 is 15.9 Å². The van der Waals surface area contributed by atoms with E-state index in [1.807, 2.05) is 24.4 Å². The molecule has 2 rings (SSSR count). The fourth-order valence-corrected chi connectivity index (χ4v) is 2.35. The van der Waals surface area contributed by atoms with Gasteiger partial charge in [0, 0.05) is 18.3 Å². The van der Waals surface area contributed by atoms with Crippen molar-refractivity contribution in [3.05, 3.63) is 52.1 Å². The van der Waals surface area contributed by atoms with Crippen LogP contribution in [0, 0.1) is 6.92 Å². The van der Waals surface area contributed by atoms with Crippen LogP contribution in [0.1, 0.15) is 36.4 Å². The van der Waals surface area contributed by atoms with E-state index in [1.165, 1.54) is 5.56 Å². The van der Waals surface area contributed by atoms with Crippen LogP contribution in [0.15, 0.2) is 39.5 Å². The van der Waals surface area contributed by atoms with Gasteiger partial charge in [0.05, 0.1) is 6.04 Å². The third-order valence-electron chi connectivity index (χ3n) is 3.09. The lowest BCUT2D eigenvalue weighted by Crippen LogP contribution is -2.24. The van der Waals surface area contributed by atoms with Gasteiger partial charge in [-0.15, -0.1) is 0 Å². The number of aromatic nitrogens is 1. The normalized spacial score (nSPS) is 12.6. The Balaban J connectivity index is 2.16. The van der Waals surface area contributed by atoms with Gasteiger partial charge in [-0.3, -0.25) is 4.98 Å². The van der Waals surface area contributed by atoms with Crippen LogP contribution in [0.3, 0.4) is 0 Å². The van der Waals surface area contributed by atoms with Gasteiger partial charge in [0.2, 0.25) is 0 Å². The molecule has 0 saturated carbocycles. The number of pyridine rings is 1. The van der Waals surface area contributed by atoms with E-state index in [4.69, 9.17) is 4.42 Å². The van der Waals surface area contributed by atoms with Crippen molar-refractivity contribution in [1.82, 2.24) is 10.3 Å². The number of hydrogen-bond acceptors (Lipinski definition) is 3. The number of aryl methyl sites for hydroxylation is 1. The molecular weight excluding hydrogens is 304 g/mol. The van der Waals surface area contributed by atoms with Crippen LogP contribution in [0.5, 0.6) is 0 Å². The molecule has 0 radical (unpaired) electrons. The molecule has 0 saturated heterocycles. The van der Waals surface area contributed by atoms with Crippen LogP contribution in [0.25, 0.3) is 0 Å². The fourth-order valence-electron chi connectivity index (χ4n) is 2.03. The number of furan rings is 1. The average molecular weight is 323 g/mol. The molecule has 1 unspecified atom stereocenters. The molecular formula is C15H19BrN2O. The Labute approximate surface area is 122 Å². The first-order valence-electron chi connectivity index (χ1n) is 6.59. The summed E-state index contributed by atoms with van der Waals surface area (Å²) in [6.07, 6.45) is 3.78. The molecule has 19 heavy (non-hydrogen) atoms. The Bertz CT molecular complexity index is 524. The molecule has 1 N–H and O–H groups in total. The summed E-state index contributed by atoms with van der Waals surface area (Å²) in [5.74, 6) is 0.949. The zero-order valence-electron chi connectivity index (χ0n) is 11.3. The minimum Gasteiger partial charge on any atom is -0.453 e. The molecule has 0 bridgehead atoms. The summed E-state index contributed by atoms with van der Waals surface area (Å²) in [5.41, 5.74) is 2.33. The van der Waals surface area contributed by atoms with Crippen molar-refractivity contribution in [1.29, 1.82) is 0 Å². The maximum Gasteiger partial charge on any atom is 0.169 e. The SMILES string of the molecule is CCCNC(Cc1ncccc1C)c1ccc(Br)o1. The summed E-state index contributed by atoms with van der Waals surface area (Å²) in [6.45, 7) is 5.22. The van der Waals surface area contributed by atoms with E-state index in [1.54, 1.807) is 0 Å². The topological polar surface area (TPSA) is 38.1 Å². The fraction of sp³-hybridized carbons (Fsp3) is 0.400. The third-order valence-corrected chi connectivity index (χ3v) is 3.52. The first-order chi connectivity index (χ1) is 9.20. The second-order valence-electron chi connectivity index (χ2n) is 4.62. The van der Waals surface area contributed by atoms with Crippen molar-refractivity contribution < 1.29 is 4.42 Å². The van der Waals surface area contributed by atoms with Crippen molar-refractivity contribution in [3.63, 3.8) is 0 Å². The summed E-state index contributed by atoms with van der Waals surface area (Å²) in [7, 11) is 0. The van der Waals surface area contributed by atoms with Crippen molar-refractivity contribution in [3.8, 4) is 0 Å². The smallest absolute Gasteiger partial charge is 0.169 e. The highest BCUT2D eigenvalue weighted by atomic mass is 79.9. The molecule has 1 atom stereocenters. The van der Waals surface area contributed by atoms with Gasteiger partial charge in [0.15, 0.2) is 4.67 Å². The van der Waals surface area contributed by atoms with Crippen molar-refractivity contribution in [2.24, 2.45) is 0 Å². The quantitative estimate of drug-likeness (QED) is 0.872. The molecule has 0 aliphatic rings. The largest absolute Gasteiger partial charge is 0.453 e. The average Bonchev–Trinajstić information content (AvgIpc) is 2.83. The Morgan fingerprint density at radius 3 is 2.84 bits per heavy atom. The van der Waals surface area contributed by atoms with Gasteiger partial charge in [0.25, 0.3) is 0 Å². The summed E-state index contributed by atoms with van der Waals surface area (Å²) in [5, 5.41) is 3.52. The lowest BCUT2D eigenvalue weighted by Gasteiger charge is -2.16. The second kappa shape index (κ2) is 6.87. The van der Waals surface area contributed by atoms with Gasteiger partial charge in [-0.1, -0.05) is 13.0 Å². The molecule has 102 valence electrons. The standard InChI is InChI=1S/C15H19BrN2O/c1-3-8-17-13(14-6-7-15(16)19-14)10-12-11(2)5-4-9-18-12/h4-7,9,13,17H,3,8,10H2,1-2H3. The van der Waals surface area contributed by atoms with Gasteiger partial charge in [0.1, 0.15) is 5.76 Å². The lowest BCUT2D eigenvalue weighted by molar-refractivity contribution is 0.398. The Morgan fingerprint density at radius 2 is 2.21 bits per heavy atom. The second-order valence-corrected chi connectivity index (χ2v) is 5.40. The summed E-state index contributed by atoms with van der Waals surface area (Å²) in [6, 6.07) is 8.17. The number of nitrogens with one attached hydrogen (secondary N) is 1. The van der Waals surface area contributed by atoms with E-state index in [0.717, 1.165) is 35.5 Å². The zero-order chi connectivity index (χ0) is 13.7. The molecule has 0 spiro atoms. The monoisotopic (exact) mass is 322 g/mol. The van der Waals surface area contributed by atoms with E-state index in [-0.39, 0.29) is 6.04 Å². The van der Waals surface area contributed by atoms with Crippen LogP contribution >= 0.6 is 15.9 Å². The minimum atomic E-state index is 0.167. The molecule has 2 aromatic heterocycles. The molecule has 0 aliphatic carbocycles. The van der Waals surface area contributed by atoms with Crippen LogP contribution < -0.4 is 5.32 Å². The van der Waals surface area contributed by atoms with Crippen LogP contribution in [0.2, 0.25) is 0 Å². The number of nitrogens with zero attached hydrogens (tertiary/aromatic N) is 1. The molecule has 2 heterocycles. The highest BCUT2D eigenvalue weighted by Crippen LogP contribution is 2.24. The Hall–Kier alpha value is -1.13. The van der Waals surface area contributed by atoms with Crippen LogP contribution in [-0.2, 0) is 6.42 Å². The first-order valence-corrected chi connectivity index (χ1v) is 7.39. The highest BCUT2D eigenvalue weighted by Gasteiger charge is 2.16.